The quantitative estimate of drug-likeness (QED) is 0.136. The van der Waals surface area contributed by atoms with E-state index in [4.69, 9.17) is 14.4 Å². The number of benzene rings is 7. The first-order chi connectivity index (χ1) is 22.8. The number of fused-ring (bicyclic) bond motifs is 9. The Bertz CT molecular complexity index is 2830. The van der Waals surface area contributed by atoms with E-state index in [0.717, 1.165) is 60.4 Å². The van der Waals surface area contributed by atoms with Crippen molar-refractivity contribution in [2.45, 2.75) is 0 Å². The molecule has 0 atom stereocenters. The molecule has 10 aromatic rings. The number of furan rings is 1. The molecule has 0 amide bonds. The Morgan fingerprint density at radius 2 is 1.20 bits per heavy atom. The zero-order valence-electron chi connectivity index (χ0n) is 24.6. The summed E-state index contributed by atoms with van der Waals surface area (Å²) in [6, 6.07) is 51.8. The van der Waals surface area contributed by atoms with Gasteiger partial charge in [-0.15, -0.1) is 0 Å². The van der Waals surface area contributed by atoms with Gasteiger partial charge in [0.15, 0.2) is 0 Å². The van der Waals surface area contributed by atoms with E-state index in [0.29, 0.717) is 5.82 Å². The first-order valence-corrected chi connectivity index (χ1v) is 17.7. The Kier molecular flexibility index (Phi) is 5.72. The number of aromatic nitrogens is 2. The van der Waals surface area contributed by atoms with Crippen molar-refractivity contribution in [1.82, 2.24) is 9.97 Å². The number of rotatable bonds is 3. The maximum atomic E-state index is 6.51. The maximum absolute atomic E-state index is 6.51. The van der Waals surface area contributed by atoms with Gasteiger partial charge in [-0.1, -0.05) is 18.2 Å². The molecule has 0 N–H and O–H groups in total. The average molecular weight is 700 g/mol. The minimum atomic E-state index is -0.477. The van der Waals surface area contributed by atoms with E-state index in [2.05, 4.69) is 133 Å². The summed E-state index contributed by atoms with van der Waals surface area (Å²) < 4.78 is 9.53. The van der Waals surface area contributed by atoms with Gasteiger partial charge in [-0.25, -0.2) is 0 Å². The number of hydrogen-bond acceptors (Lipinski definition) is 3. The molecule has 10 rings (SSSR count). The predicted octanol–water partition coefficient (Wildman–Crippen LogP) is 11.0. The van der Waals surface area contributed by atoms with Crippen molar-refractivity contribution in [2.75, 3.05) is 0 Å². The normalized spacial score (nSPS) is 11.9. The summed E-state index contributed by atoms with van der Waals surface area (Å²) >= 11 is -0.477. The zero-order chi connectivity index (χ0) is 30.2. The van der Waals surface area contributed by atoms with Gasteiger partial charge in [0.1, 0.15) is 0 Å². The van der Waals surface area contributed by atoms with Crippen LogP contribution in [0, 0.1) is 0 Å². The molecule has 3 heterocycles. The van der Waals surface area contributed by atoms with Crippen LogP contribution in [0.3, 0.4) is 0 Å². The third-order valence-corrected chi connectivity index (χ3v) is 12.6. The van der Waals surface area contributed by atoms with Gasteiger partial charge in [-0.2, -0.15) is 0 Å². The second-order valence-corrected chi connectivity index (χ2v) is 14.7. The van der Waals surface area contributed by atoms with Gasteiger partial charge in [0.05, 0.1) is 0 Å². The molecule has 0 unspecified atom stereocenters. The Balaban J connectivity index is 1.24. The molecule has 0 bridgehead atoms. The fraction of sp³-hybridized carbons (Fsp3) is 0. The first-order valence-electron chi connectivity index (χ1n) is 15.4. The number of para-hydroxylation sites is 2. The van der Waals surface area contributed by atoms with E-state index >= 15 is 0 Å². The van der Waals surface area contributed by atoms with Gasteiger partial charge in [0, 0.05) is 0 Å². The molecular weight excluding hydrogens is 676 g/mol. The predicted molar refractivity (Wildman–Crippen MR) is 193 cm³/mol. The minimum absolute atomic E-state index is 0.477. The summed E-state index contributed by atoms with van der Waals surface area (Å²) in [5.41, 5.74) is 8.04. The molecule has 214 valence electrons. The van der Waals surface area contributed by atoms with Crippen LogP contribution >= 0.6 is 0 Å². The molecule has 3 aromatic heterocycles. The second-order valence-electron chi connectivity index (χ2n) is 11.7. The van der Waals surface area contributed by atoms with Crippen molar-refractivity contribution >= 4 is 81.6 Å². The van der Waals surface area contributed by atoms with Crippen molar-refractivity contribution < 1.29 is 4.42 Å². The molecule has 0 spiro atoms. The fourth-order valence-corrected chi connectivity index (χ4v) is 10.5. The zero-order valence-corrected chi connectivity index (χ0v) is 26.9. The summed E-state index contributed by atoms with van der Waals surface area (Å²) in [4.78, 5) is 10.6. The van der Waals surface area contributed by atoms with Gasteiger partial charge in [0.25, 0.3) is 0 Å². The van der Waals surface area contributed by atoms with E-state index in [1.165, 1.54) is 28.7 Å². The molecular formula is C42H24N2OTe. The van der Waals surface area contributed by atoms with Crippen LogP contribution in [0.1, 0.15) is 0 Å². The third kappa shape index (κ3) is 3.91. The Hall–Kier alpha value is -5.27. The molecule has 0 aliphatic heterocycles. The molecule has 46 heavy (non-hydrogen) atoms. The van der Waals surface area contributed by atoms with Crippen molar-refractivity contribution in [3.8, 4) is 33.8 Å². The van der Waals surface area contributed by atoms with Crippen LogP contribution in [-0.2, 0) is 0 Å². The standard InChI is InChI=1S/C42H24N2OTe/c1-2-13-28-25(10-1)22-23-34-38(28)43-42(44-39(34)35-19-9-17-32-30-14-3-5-20-36(30)45-40(32)35)27-12-7-11-26(24-27)29-16-8-18-33-31-15-4-6-21-37(31)46-41(29)33/h1-24H. The van der Waals surface area contributed by atoms with Gasteiger partial charge >= 0.3 is 251 Å². The molecule has 0 saturated carbocycles. The molecule has 3 nitrogen and oxygen atoms in total. The van der Waals surface area contributed by atoms with Crippen LogP contribution in [0.5, 0.6) is 0 Å². The topological polar surface area (TPSA) is 38.9 Å². The van der Waals surface area contributed by atoms with Crippen molar-refractivity contribution in [3.63, 3.8) is 0 Å². The fourth-order valence-electron chi connectivity index (χ4n) is 6.93. The van der Waals surface area contributed by atoms with Crippen LogP contribution in [0.25, 0.3) is 95.0 Å². The summed E-state index contributed by atoms with van der Waals surface area (Å²) in [5.74, 6) is 0.709. The molecule has 0 saturated heterocycles. The average Bonchev–Trinajstić information content (AvgIpc) is 3.70. The van der Waals surface area contributed by atoms with Crippen LogP contribution in [0.15, 0.2) is 150 Å². The van der Waals surface area contributed by atoms with Crippen LogP contribution in [-0.4, -0.2) is 30.4 Å². The summed E-state index contributed by atoms with van der Waals surface area (Å²) in [5, 5.41) is 8.26. The van der Waals surface area contributed by atoms with Crippen molar-refractivity contribution in [2.24, 2.45) is 0 Å². The van der Waals surface area contributed by atoms with E-state index in [9.17, 15) is 0 Å². The molecule has 0 radical (unpaired) electrons. The monoisotopic (exact) mass is 702 g/mol. The van der Waals surface area contributed by atoms with Gasteiger partial charge < -0.3 is 0 Å². The molecule has 0 fully saturated rings. The van der Waals surface area contributed by atoms with Crippen molar-refractivity contribution in [3.05, 3.63) is 146 Å². The van der Waals surface area contributed by atoms with E-state index < -0.39 is 20.4 Å². The van der Waals surface area contributed by atoms with Gasteiger partial charge in [-0.3, -0.25) is 0 Å². The van der Waals surface area contributed by atoms with Gasteiger partial charge in [-0.05, 0) is 6.07 Å². The molecule has 4 heteroatoms. The molecule has 0 aliphatic carbocycles. The second kappa shape index (κ2) is 10.1. The Labute approximate surface area is 274 Å². The first kappa shape index (κ1) is 26.0. The van der Waals surface area contributed by atoms with E-state index in [1.54, 1.807) is 0 Å². The van der Waals surface area contributed by atoms with Crippen molar-refractivity contribution in [1.29, 1.82) is 0 Å². The summed E-state index contributed by atoms with van der Waals surface area (Å²) in [7, 11) is 0. The third-order valence-electron chi connectivity index (χ3n) is 9.09. The van der Waals surface area contributed by atoms with E-state index in [-0.39, 0.29) is 0 Å². The Morgan fingerprint density at radius 3 is 2.13 bits per heavy atom. The van der Waals surface area contributed by atoms with Crippen LogP contribution < -0.4 is 0 Å². The van der Waals surface area contributed by atoms with E-state index in [1.807, 2.05) is 12.1 Å². The molecule has 0 aliphatic rings. The summed E-state index contributed by atoms with van der Waals surface area (Å²) in [6.45, 7) is 0. The summed E-state index contributed by atoms with van der Waals surface area (Å²) in [6.07, 6.45) is 0. The van der Waals surface area contributed by atoms with Crippen LogP contribution in [0.2, 0.25) is 0 Å². The number of hydrogen-bond donors (Lipinski definition) is 0. The van der Waals surface area contributed by atoms with Crippen LogP contribution in [0.4, 0.5) is 0 Å². The SMILES string of the molecule is c1cc(-c2nc(-c3cccc4c3oc3ccccc34)c3ccc4ccccc4c3n2)cc(-c2cccc3c2[te]c2ccccc23)c1. The number of nitrogens with zero attached hydrogens (tertiary/aromatic N) is 2. The van der Waals surface area contributed by atoms with Gasteiger partial charge in [0.2, 0.25) is 0 Å². The molecule has 7 aromatic carbocycles. The Morgan fingerprint density at radius 1 is 0.478 bits per heavy atom.